The number of likely N-dealkylation sites (tertiary alicyclic amines) is 1. The van der Waals surface area contributed by atoms with E-state index in [1.807, 2.05) is 6.07 Å². The quantitative estimate of drug-likeness (QED) is 0.812. The van der Waals surface area contributed by atoms with Crippen LogP contribution in [-0.4, -0.2) is 27.5 Å². The molecule has 2 fully saturated rings. The van der Waals surface area contributed by atoms with Gasteiger partial charge in [-0.05, 0) is 43.9 Å². The lowest BCUT2D eigenvalue weighted by atomic mass is 10.2. The van der Waals surface area contributed by atoms with Crippen molar-refractivity contribution in [1.29, 1.82) is 0 Å². The Labute approximate surface area is 127 Å². The Kier molecular flexibility index (Phi) is 3.29. The van der Waals surface area contributed by atoms with E-state index in [1.165, 1.54) is 6.08 Å². The minimum atomic E-state index is -0.103. The van der Waals surface area contributed by atoms with Crippen LogP contribution in [-0.2, 0) is 4.79 Å². The molecule has 0 N–H and O–H groups in total. The Balaban J connectivity index is 1.48. The molecule has 2 aliphatic rings. The van der Waals surface area contributed by atoms with E-state index in [0.29, 0.717) is 24.1 Å². The van der Waals surface area contributed by atoms with Crippen LogP contribution in [0.3, 0.4) is 0 Å². The molecule has 1 atom stereocenters. The van der Waals surface area contributed by atoms with Gasteiger partial charge in [0.25, 0.3) is 0 Å². The molecule has 4 rings (SSSR count). The molecule has 6 nitrogen and oxygen atoms in total. The van der Waals surface area contributed by atoms with Crippen molar-refractivity contribution < 1.29 is 13.7 Å². The molecule has 1 saturated carbocycles. The summed E-state index contributed by atoms with van der Waals surface area (Å²) >= 11 is 0. The number of nitrogens with zero attached hydrogens (tertiary/aromatic N) is 3. The molecular formula is C16H17N3O3. The molecule has 1 aliphatic carbocycles. The maximum Gasteiger partial charge on any atom is 0.249 e. The molecule has 3 heterocycles. The van der Waals surface area contributed by atoms with Crippen LogP contribution >= 0.6 is 0 Å². The van der Waals surface area contributed by atoms with Crippen molar-refractivity contribution >= 4 is 12.0 Å². The summed E-state index contributed by atoms with van der Waals surface area (Å²) in [7, 11) is 0. The van der Waals surface area contributed by atoms with Gasteiger partial charge in [-0.15, -0.1) is 0 Å². The summed E-state index contributed by atoms with van der Waals surface area (Å²) in [5.74, 6) is 2.43. The minimum Gasteiger partial charge on any atom is -0.465 e. The van der Waals surface area contributed by atoms with Gasteiger partial charge in [0.2, 0.25) is 11.8 Å². The molecule has 1 amide bonds. The van der Waals surface area contributed by atoms with Gasteiger partial charge in [-0.2, -0.15) is 4.98 Å². The number of carbonyl (C=O) groups excluding carboxylic acids is 1. The third-order valence-corrected chi connectivity index (χ3v) is 4.15. The molecular weight excluding hydrogens is 282 g/mol. The summed E-state index contributed by atoms with van der Waals surface area (Å²) in [6.45, 7) is 0.715. The van der Waals surface area contributed by atoms with Gasteiger partial charge in [0, 0.05) is 18.5 Å². The summed E-state index contributed by atoms with van der Waals surface area (Å²) in [6.07, 6.45) is 8.90. The van der Waals surface area contributed by atoms with E-state index in [2.05, 4.69) is 10.1 Å². The lowest BCUT2D eigenvalue weighted by molar-refractivity contribution is -0.127. The van der Waals surface area contributed by atoms with E-state index in [4.69, 9.17) is 8.94 Å². The minimum absolute atomic E-state index is 0.0509. The maximum atomic E-state index is 12.4. The van der Waals surface area contributed by atoms with Crippen LogP contribution in [0.4, 0.5) is 0 Å². The first-order chi connectivity index (χ1) is 10.8. The van der Waals surface area contributed by atoms with E-state index in [1.54, 1.807) is 23.3 Å². The lowest BCUT2D eigenvalue weighted by Crippen LogP contribution is -2.29. The van der Waals surface area contributed by atoms with Gasteiger partial charge in [-0.3, -0.25) is 4.79 Å². The van der Waals surface area contributed by atoms with Gasteiger partial charge in [0.15, 0.2) is 5.82 Å². The van der Waals surface area contributed by atoms with Crippen molar-refractivity contribution in [1.82, 2.24) is 15.0 Å². The normalized spacial score (nSPS) is 21.8. The number of hydrogen-bond acceptors (Lipinski definition) is 5. The first kappa shape index (κ1) is 13.3. The van der Waals surface area contributed by atoms with Gasteiger partial charge in [-0.1, -0.05) is 5.16 Å². The van der Waals surface area contributed by atoms with E-state index in [0.717, 1.165) is 31.5 Å². The third-order valence-electron chi connectivity index (χ3n) is 4.15. The highest BCUT2D eigenvalue weighted by molar-refractivity contribution is 5.91. The summed E-state index contributed by atoms with van der Waals surface area (Å²) in [6, 6.07) is 3.50. The summed E-state index contributed by atoms with van der Waals surface area (Å²) in [5.41, 5.74) is 0. The molecule has 2 aromatic rings. The lowest BCUT2D eigenvalue weighted by Gasteiger charge is -2.19. The standard InChI is InChI=1S/C16H17N3O3/c20-14(8-7-12-3-2-10-21-12)19-9-1-4-13(19)16-17-15(18-22-16)11-5-6-11/h2-3,7-8,10-11,13H,1,4-6,9H2/b8-7+. The predicted octanol–water partition coefficient (Wildman–Crippen LogP) is 2.92. The van der Waals surface area contributed by atoms with Gasteiger partial charge in [0.1, 0.15) is 11.8 Å². The van der Waals surface area contributed by atoms with Crippen molar-refractivity contribution in [2.24, 2.45) is 0 Å². The first-order valence-corrected chi connectivity index (χ1v) is 7.67. The number of furan rings is 1. The van der Waals surface area contributed by atoms with Crippen molar-refractivity contribution in [3.8, 4) is 0 Å². The zero-order chi connectivity index (χ0) is 14.9. The van der Waals surface area contributed by atoms with Crippen molar-refractivity contribution in [2.75, 3.05) is 6.54 Å². The predicted molar refractivity (Wildman–Crippen MR) is 77.7 cm³/mol. The number of aromatic nitrogens is 2. The van der Waals surface area contributed by atoms with Crippen LogP contribution in [0.1, 0.15) is 55.1 Å². The Bertz CT molecular complexity index is 685. The third kappa shape index (κ3) is 2.56. The smallest absolute Gasteiger partial charge is 0.249 e. The second-order valence-corrected chi connectivity index (χ2v) is 5.80. The Morgan fingerprint density at radius 1 is 1.36 bits per heavy atom. The molecule has 0 bridgehead atoms. The van der Waals surface area contributed by atoms with Gasteiger partial charge >= 0.3 is 0 Å². The van der Waals surface area contributed by atoms with E-state index < -0.39 is 0 Å². The molecule has 1 unspecified atom stereocenters. The number of amides is 1. The Morgan fingerprint density at radius 2 is 2.27 bits per heavy atom. The first-order valence-electron chi connectivity index (χ1n) is 7.67. The van der Waals surface area contributed by atoms with E-state index in [9.17, 15) is 4.79 Å². The second kappa shape index (κ2) is 5.44. The van der Waals surface area contributed by atoms with E-state index in [-0.39, 0.29) is 11.9 Å². The molecule has 0 aromatic carbocycles. The maximum absolute atomic E-state index is 12.4. The number of carbonyl (C=O) groups is 1. The van der Waals surface area contributed by atoms with Crippen molar-refractivity contribution in [3.05, 3.63) is 41.9 Å². The number of rotatable bonds is 4. The van der Waals surface area contributed by atoms with Crippen LogP contribution in [0.15, 0.2) is 33.4 Å². The highest BCUT2D eigenvalue weighted by atomic mass is 16.5. The Morgan fingerprint density at radius 3 is 3.05 bits per heavy atom. The van der Waals surface area contributed by atoms with Crippen LogP contribution in [0, 0.1) is 0 Å². The Hall–Kier alpha value is -2.37. The molecule has 1 saturated heterocycles. The summed E-state index contributed by atoms with van der Waals surface area (Å²) in [5, 5.41) is 4.05. The highest BCUT2D eigenvalue weighted by Gasteiger charge is 2.35. The van der Waals surface area contributed by atoms with Crippen LogP contribution in [0.5, 0.6) is 0 Å². The molecule has 0 spiro atoms. The highest BCUT2D eigenvalue weighted by Crippen LogP contribution is 2.39. The molecule has 6 heteroatoms. The van der Waals surface area contributed by atoms with E-state index >= 15 is 0 Å². The van der Waals surface area contributed by atoms with Crippen molar-refractivity contribution in [2.45, 2.75) is 37.6 Å². The zero-order valence-corrected chi connectivity index (χ0v) is 12.1. The van der Waals surface area contributed by atoms with Gasteiger partial charge in [-0.25, -0.2) is 0 Å². The second-order valence-electron chi connectivity index (χ2n) is 5.80. The van der Waals surface area contributed by atoms with Gasteiger partial charge in [0.05, 0.1) is 6.26 Å². The van der Waals surface area contributed by atoms with Crippen LogP contribution < -0.4 is 0 Å². The molecule has 0 radical (unpaired) electrons. The van der Waals surface area contributed by atoms with Crippen LogP contribution in [0.25, 0.3) is 6.08 Å². The number of hydrogen-bond donors (Lipinski definition) is 0. The summed E-state index contributed by atoms with van der Waals surface area (Å²) in [4.78, 5) is 18.7. The zero-order valence-electron chi connectivity index (χ0n) is 12.1. The average molecular weight is 299 g/mol. The largest absolute Gasteiger partial charge is 0.465 e. The molecule has 2 aromatic heterocycles. The molecule has 114 valence electrons. The van der Waals surface area contributed by atoms with Crippen LogP contribution in [0.2, 0.25) is 0 Å². The molecule has 22 heavy (non-hydrogen) atoms. The fourth-order valence-corrected chi connectivity index (χ4v) is 2.81. The topological polar surface area (TPSA) is 72.4 Å². The van der Waals surface area contributed by atoms with Gasteiger partial charge < -0.3 is 13.8 Å². The average Bonchev–Trinajstić information content (AvgIpc) is 3.02. The summed E-state index contributed by atoms with van der Waals surface area (Å²) < 4.78 is 10.6. The fourth-order valence-electron chi connectivity index (χ4n) is 2.81. The van der Waals surface area contributed by atoms with Crippen molar-refractivity contribution in [3.63, 3.8) is 0 Å². The fraction of sp³-hybridized carbons (Fsp3) is 0.438. The molecule has 1 aliphatic heterocycles. The SMILES string of the molecule is O=C(/C=C/c1ccco1)N1CCCC1c1nc(C2CC2)no1. The monoisotopic (exact) mass is 299 g/mol.